The van der Waals surface area contributed by atoms with Crippen molar-refractivity contribution in [2.75, 3.05) is 57.4 Å². The van der Waals surface area contributed by atoms with Gasteiger partial charge in [0.2, 0.25) is 0 Å². The molecule has 0 unspecified atom stereocenters. The van der Waals surface area contributed by atoms with E-state index < -0.39 is 0 Å². The molecule has 2 aromatic carbocycles. The fraction of sp³-hybridized carbons (Fsp3) is 0.500. The Morgan fingerprint density at radius 1 is 1.07 bits per heavy atom. The van der Waals surface area contributed by atoms with E-state index >= 15 is 0 Å². The van der Waals surface area contributed by atoms with E-state index in [1.54, 1.807) is 0 Å². The van der Waals surface area contributed by atoms with Crippen molar-refractivity contribution < 1.29 is 14.6 Å². The zero-order valence-corrected chi connectivity index (χ0v) is 27.2. The zero-order chi connectivity index (χ0) is 31.9. The number of benzene rings is 2. The van der Waals surface area contributed by atoms with Gasteiger partial charge in [-0.1, -0.05) is 24.3 Å². The molecule has 1 aromatic heterocycles. The van der Waals surface area contributed by atoms with Crippen LogP contribution in [-0.2, 0) is 17.8 Å². The molecule has 242 valence electrons. The first-order valence-corrected chi connectivity index (χ1v) is 16.4. The van der Waals surface area contributed by atoms with Crippen LogP contribution >= 0.6 is 0 Å². The Kier molecular flexibility index (Phi) is 11.1. The van der Waals surface area contributed by atoms with Crippen LogP contribution in [0.4, 0.5) is 5.69 Å². The molecule has 3 heterocycles. The molecule has 0 aliphatic carbocycles. The van der Waals surface area contributed by atoms with Gasteiger partial charge in [0.1, 0.15) is 0 Å². The number of aromatic nitrogens is 1. The number of H-pyrrole nitrogens is 1. The van der Waals surface area contributed by atoms with Crippen LogP contribution in [-0.4, -0.2) is 79.5 Å². The average Bonchev–Trinajstić information content (AvgIpc) is 3.01. The van der Waals surface area contributed by atoms with E-state index in [4.69, 9.17) is 9.84 Å². The molecule has 9 nitrogen and oxygen atoms in total. The Hall–Kier alpha value is -3.50. The number of aliphatic hydroxyl groups excluding tert-OH is 1. The molecule has 3 aromatic rings. The number of aryl methyl sites for hydroxylation is 2. The largest absolute Gasteiger partial charge is 0.395 e. The molecule has 45 heavy (non-hydrogen) atoms. The van der Waals surface area contributed by atoms with Crippen LogP contribution in [0.1, 0.15) is 58.1 Å². The molecule has 0 saturated carbocycles. The standard InChI is InChI=1S/C36H49N5O4/c1-5-41(31-10-14-45-15-11-31)34-18-30(29-8-6-27(7-9-29)21-40-22-28(23-40)19-37-12-13-42)17-32(26(34)4)35(43)38-20-33-24(2)16-25(3)39-36(33)44/h6-9,16-18,28,31,37,42H,5,10-15,19-23H2,1-4H3,(H,38,43)(H,39,44). The summed E-state index contributed by atoms with van der Waals surface area (Å²) in [6, 6.07) is 15.2. The van der Waals surface area contributed by atoms with Crippen LogP contribution in [0.2, 0.25) is 0 Å². The van der Waals surface area contributed by atoms with Gasteiger partial charge in [-0.15, -0.1) is 0 Å². The minimum Gasteiger partial charge on any atom is -0.395 e. The summed E-state index contributed by atoms with van der Waals surface area (Å²) in [6.45, 7) is 15.3. The van der Waals surface area contributed by atoms with Crippen molar-refractivity contribution >= 4 is 11.6 Å². The normalized spacial score (nSPS) is 16.0. The molecule has 2 aliphatic heterocycles. The van der Waals surface area contributed by atoms with Crippen LogP contribution in [0.15, 0.2) is 47.3 Å². The minimum atomic E-state index is -0.185. The van der Waals surface area contributed by atoms with E-state index in [0.717, 1.165) is 92.4 Å². The number of anilines is 1. The third-order valence-corrected chi connectivity index (χ3v) is 9.27. The molecule has 5 rings (SSSR count). The molecule has 2 fully saturated rings. The van der Waals surface area contributed by atoms with Crippen LogP contribution in [0, 0.1) is 26.7 Å². The summed E-state index contributed by atoms with van der Waals surface area (Å²) in [6.07, 6.45) is 1.91. The van der Waals surface area contributed by atoms with Gasteiger partial charge in [0, 0.05) is 87.6 Å². The maximum Gasteiger partial charge on any atom is 0.253 e. The summed E-state index contributed by atoms with van der Waals surface area (Å²) in [5.74, 6) is 0.451. The predicted molar refractivity (Wildman–Crippen MR) is 180 cm³/mol. The number of rotatable bonds is 13. The first-order chi connectivity index (χ1) is 21.8. The molecule has 0 radical (unpaired) electrons. The van der Waals surface area contributed by atoms with Gasteiger partial charge < -0.3 is 30.4 Å². The molecular formula is C36H49N5O4. The average molecular weight is 616 g/mol. The highest BCUT2D eigenvalue weighted by Gasteiger charge is 2.27. The van der Waals surface area contributed by atoms with Gasteiger partial charge in [-0.25, -0.2) is 0 Å². The molecule has 2 aliphatic rings. The number of carbonyl (C=O) groups is 1. The van der Waals surface area contributed by atoms with Gasteiger partial charge >= 0.3 is 0 Å². The number of likely N-dealkylation sites (tertiary alicyclic amines) is 1. The predicted octanol–water partition coefficient (Wildman–Crippen LogP) is 3.92. The van der Waals surface area contributed by atoms with Crippen molar-refractivity contribution in [1.82, 2.24) is 20.5 Å². The second kappa shape index (κ2) is 15.2. The molecule has 0 atom stereocenters. The molecule has 1 amide bonds. The Morgan fingerprint density at radius 3 is 2.47 bits per heavy atom. The van der Waals surface area contributed by atoms with E-state index in [-0.39, 0.29) is 24.6 Å². The number of hydrogen-bond donors (Lipinski definition) is 4. The molecule has 0 bridgehead atoms. The Balaban J connectivity index is 1.38. The quantitative estimate of drug-likeness (QED) is 0.216. The van der Waals surface area contributed by atoms with Gasteiger partial charge in [-0.3, -0.25) is 14.5 Å². The summed E-state index contributed by atoms with van der Waals surface area (Å²) < 4.78 is 5.66. The summed E-state index contributed by atoms with van der Waals surface area (Å²) in [7, 11) is 0. The summed E-state index contributed by atoms with van der Waals surface area (Å²) in [4.78, 5) is 34.1. The van der Waals surface area contributed by atoms with E-state index in [1.807, 2.05) is 32.9 Å². The maximum atomic E-state index is 13.8. The second-order valence-corrected chi connectivity index (χ2v) is 12.6. The lowest BCUT2D eigenvalue weighted by Gasteiger charge is -2.39. The smallest absolute Gasteiger partial charge is 0.253 e. The number of carbonyl (C=O) groups excluding carboxylic acids is 1. The second-order valence-electron chi connectivity index (χ2n) is 12.6. The van der Waals surface area contributed by atoms with Gasteiger partial charge in [-0.2, -0.15) is 0 Å². The number of nitrogens with zero attached hydrogens (tertiary/aromatic N) is 2. The lowest BCUT2D eigenvalue weighted by atomic mass is 9.94. The summed E-state index contributed by atoms with van der Waals surface area (Å²) in [5, 5.41) is 15.3. The highest BCUT2D eigenvalue weighted by atomic mass is 16.5. The van der Waals surface area contributed by atoms with Gasteiger partial charge in [-0.05, 0) is 92.5 Å². The lowest BCUT2D eigenvalue weighted by molar-refractivity contribution is 0.0846. The van der Waals surface area contributed by atoms with Crippen LogP contribution in [0.5, 0.6) is 0 Å². The number of ether oxygens (including phenoxy) is 1. The van der Waals surface area contributed by atoms with Gasteiger partial charge in [0.05, 0.1) is 6.61 Å². The number of aliphatic hydroxyl groups is 1. The lowest BCUT2D eigenvalue weighted by Crippen LogP contribution is -2.50. The molecule has 2 saturated heterocycles. The molecule has 9 heteroatoms. The number of amides is 1. The third-order valence-electron chi connectivity index (χ3n) is 9.27. The van der Waals surface area contributed by atoms with E-state index in [2.05, 4.69) is 62.7 Å². The number of nitrogens with one attached hydrogen (secondary N) is 3. The molecule has 0 spiro atoms. The van der Waals surface area contributed by atoms with Gasteiger partial charge in [0.25, 0.3) is 11.5 Å². The van der Waals surface area contributed by atoms with Crippen molar-refractivity contribution in [1.29, 1.82) is 0 Å². The van der Waals surface area contributed by atoms with Crippen LogP contribution < -0.4 is 21.1 Å². The van der Waals surface area contributed by atoms with Crippen molar-refractivity contribution in [2.24, 2.45) is 5.92 Å². The Morgan fingerprint density at radius 2 is 1.80 bits per heavy atom. The number of pyridine rings is 1. The first-order valence-electron chi connectivity index (χ1n) is 16.4. The van der Waals surface area contributed by atoms with E-state index in [9.17, 15) is 9.59 Å². The van der Waals surface area contributed by atoms with Crippen LogP contribution in [0.3, 0.4) is 0 Å². The Bertz CT molecular complexity index is 1510. The highest BCUT2D eigenvalue weighted by Crippen LogP contribution is 2.34. The fourth-order valence-electron chi connectivity index (χ4n) is 6.77. The first kappa shape index (κ1) is 32.9. The van der Waals surface area contributed by atoms with E-state index in [1.165, 1.54) is 5.56 Å². The molecular weight excluding hydrogens is 566 g/mol. The maximum absolute atomic E-state index is 13.8. The van der Waals surface area contributed by atoms with Crippen molar-refractivity contribution in [2.45, 2.75) is 59.7 Å². The topological polar surface area (TPSA) is 110 Å². The zero-order valence-electron chi connectivity index (χ0n) is 27.2. The minimum absolute atomic E-state index is 0.164. The van der Waals surface area contributed by atoms with Gasteiger partial charge in [0.15, 0.2) is 0 Å². The van der Waals surface area contributed by atoms with Crippen molar-refractivity contribution in [3.63, 3.8) is 0 Å². The van der Waals surface area contributed by atoms with Crippen molar-refractivity contribution in [3.05, 3.63) is 86.3 Å². The third kappa shape index (κ3) is 8.02. The van der Waals surface area contributed by atoms with Crippen molar-refractivity contribution in [3.8, 4) is 11.1 Å². The Labute approximate surface area is 267 Å². The van der Waals surface area contributed by atoms with E-state index in [0.29, 0.717) is 29.6 Å². The summed E-state index contributed by atoms with van der Waals surface area (Å²) in [5.41, 5.74) is 8.05. The monoisotopic (exact) mass is 615 g/mol. The SMILES string of the molecule is CCN(c1cc(-c2ccc(CN3CC(CNCCO)C3)cc2)cc(C(=O)NCc2c(C)cc(C)[nH]c2=O)c1C)C1CCOCC1. The fourth-order valence-corrected chi connectivity index (χ4v) is 6.77. The summed E-state index contributed by atoms with van der Waals surface area (Å²) >= 11 is 0. The highest BCUT2D eigenvalue weighted by molar-refractivity contribution is 5.99. The van der Waals surface area contributed by atoms with Crippen LogP contribution in [0.25, 0.3) is 11.1 Å². The molecule has 4 N–H and O–H groups in total. The number of hydrogen-bond acceptors (Lipinski definition) is 7. The number of aromatic amines is 1.